The first-order valence-corrected chi connectivity index (χ1v) is 8.26. The molecule has 0 radical (unpaired) electrons. The van der Waals surface area contributed by atoms with Crippen LogP contribution in [0.25, 0.3) is 0 Å². The molecule has 0 aliphatic heterocycles. The molecule has 0 bridgehead atoms. The summed E-state index contributed by atoms with van der Waals surface area (Å²) in [6, 6.07) is 9.78. The van der Waals surface area contributed by atoms with Crippen LogP contribution in [-0.2, 0) is 4.79 Å². The van der Waals surface area contributed by atoms with Gasteiger partial charge in [-0.25, -0.2) is 0 Å². The molecular weight excluding hydrogens is 318 g/mol. The molecule has 2 rings (SSSR count). The molecule has 25 heavy (non-hydrogen) atoms. The first-order valence-electron chi connectivity index (χ1n) is 8.26. The fourth-order valence-electron chi connectivity index (χ4n) is 2.35. The van der Waals surface area contributed by atoms with Gasteiger partial charge in [-0.3, -0.25) is 14.6 Å². The van der Waals surface area contributed by atoms with Crippen LogP contribution in [0.3, 0.4) is 0 Å². The monoisotopic (exact) mass is 341 g/mol. The van der Waals surface area contributed by atoms with E-state index in [2.05, 4.69) is 15.6 Å². The van der Waals surface area contributed by atoms with E-state index in [1.165, 1.54) is 0 Å². The smallest absolute Gasteiger partial charge is 0.255 e. The van der Waals surface area contributed by atoms with Gasteiger partial charge in [-0.15, -0.1) is 0 Å². The average Bonchev–Trinajstić information content (AvgIpc) is 2.60. The van der Waals surface area contributed by atoms with E-state index in [0.717, 1.165) is 0 Å². The number of pyridine rings is 1. The summed E-state index contributed by atoms with van der Waals surface area (Å²) in [7, 11) is 0. The molecule has 1 atom stereocenters. The van der Waals surface area contributed by atoms with Crippen LogP contribution in [0.4, 0.5) is 5.69 Å². The number of para-hydroxylation sites is 1. The molecule has 0 aliphatic carbocycles. The molecule has 2 N–H and O–H groups in total. The lowest BCUT2D eigenvalue weighted by molar-refractivity contribution is -0.118. The zero-order valence-electron chi connectivity index (χ0n) is 14.7. The summed E-state index contributed by atoms with van der Waals surface area (Å²) >= 11 is 0. The number of amides is 2. The SMILES string of the molecule is CCOc1ccccc1C(=O)N[C@@H](C(=O)Nc1cccnc1)C(C)C. The van der Waals surface area contributed by atoms with Gasteiger partial charge in [-0.05, 0) is 37.1 Å². The number of rotatable bonds is 7. The first-order chi connectivity index (χ1) is 12.0. The number of nitrogens with one attached hydrogen (secondary N) is 2. The molecule has 0 fully saturated rings. The molecule has 0 spiro atoms. The summed E-state index contributed by atoms with van der Waals surface area (Å²) in [5.41, 5.74) is 0.992. The van der Waals surface area contributed by atoms with Crippen LogP contribution in [-0.4, -0.2) is 29.4 Å². The number of aromatic nitrogens is 1. The molecule has 6 nitrogen and oxygen atoms in total. The predicted molar refractivity (Wildman–Crippen MR) is 96.6 cm³/mol. The van der Waals surface area contributed by atoms with E-state index in [4.69, 9.17) is 4.74 Å². The van der Waals surface area contributed by atoms with Crippen LogP contribution < -0.4 is 15.4 Å². The highest BCUT2D eigenvalue weighted by molar-refractivity contribution is 6.02. The highest BCUT2D eigenvalue weighted by atomic mass is 16.5. The predicted octanol–water partition coefficient (Wildman–Crippen LogP) is 2.87. The number of carbonyl (C=O) groups excluding carboxylic acids is 2. The molecule has 0 unspecified atom stereocenters. The Morgan fingerprint density at radius 2 is 1.92 bits per heavy atom. The van der Waals surface area contributed by atoms with Gasteiger partial charge in [0.2, 0.25) is 5.91 Å². The van der Waals surface area contributed by atoms with Gasteiger partial charge in [-0.2, -0.15) is 0 Å². The van der Waals surface area contributed by atoms with Crippen LogP contribution in [0.1, 0.15) is 31.1 Å². The minimum absolute atomic E-state index is 0.0834. The summed E-state index contributed by atoms with van der Waals surface area (Å²) in [5.74, 6) is -0.216. The Balaban J connectivity index is 2.13. The summed E-state index contributed by atoms with van der Waals surface area (Å²) in [5, 5.41) is 5.57. The van der Waals surface area contributed by atoms with E-state index in [1.54, 1.807) is 48.8 Å². The third-order valence-corrected chi connectivity index (χ3v) is 3.60. The normalized spacial score (nSPS) is 11.7. The minimum atomic E-state index is -0.678. The Hall–Kier alpha value is -2.89. The fourth-order valence-corrected chi connectivity index (χ4v) is 2.35. The van der Waals surface area contributed by atoms with Crippen LogP contribution in [0, 0.1) is 5.92 Å². The van der Waals surface area contributed by atoms with Crippen LogP contribution in [0.2, 0.25) is 0 Å². The molecule has 2 aromatic rings. The average molecular weight is 341 g/mol. The van der Waals surface area contributed by atoms with Crippen molar-refractivity contribution >= 4 is 17.5 Å². The van der Waals surface area contributed by atoms with Crippen molar-refractivity contribution in [3.63, 3.8) is 0 Å². The van der Waals surface area contributed by atoms with Gasteiger partial charge in [-0.1, -0.05) is 26.0 Å². The molecule has 1 aromatic heterocycles. The van der Waals surface area contributed by atoms with E-state index in [0.29, 0.717) is 23.6 Å². The second-order valence-corrected chi connectivity index (χ2v) is 5.86. The van der Waals surface area contributed by atoms with E-state index in [-0.39, 0.29) is 17.7 Å². The topological polar surface area (TPSA) is 80.3 Å². The van der Waals surface area contributed by atoms with Gasteiger partial charge >= 0.3 is 0 Å². The number of benzene rings is 1. The maximum atomic E-state index is 12.6. The standard InChI is InChI=1S/C19H23N3O3/c1-4-25-16-10-6-5-9-15(16)18(23)22-17(13(2)3)19(24)21-14-8-7-11-20-12-14/h5-13,17H,4H2,1-3H3,(H,21,24)(H,22,23)/t17-/m1/s1. The molecule has 6 heteroatoms. The van der Waals surface area contributed by atoms with Crippen molar-refractivity contribution < 1.29 is 14.3 Å². The number of nitrogens with zero attached hydrogens (tertiary/aromatic N) is 1. The maximum Gasteiger partial charge on any atom is 0.255 e. The van der Waals surface area contributed by atoms with Gasteiger partial charge < -0.3 is 15.4 Å². The van der Waals surface area contributed by atoms with Gasteiger partial charge in [0, 0.05) is 6.20 Å². The molecule has 0 saturated carbocycles. The number of anilines is 1. The zero-order valence-corrected chi connectivity index (χ0v) is 14.7. The lowest BCUT2D eigenvalue weighted by Crippen LogP contribution is -2.47. The largest absolute Gasteiger partial charge is 0.493 e. The van der Waals surface area contributed by atoms with Crippen molar-refractivity contribution in [2.45, 2.75) is 26.8 Å². The molecule has 132 valence electrons. The molecule has 0 saturated heterocycles. The van der Waals surface area contributed by atoms with E-state index < -0.39 is 6.04 Å². The fraction of sp³-hybridized carbons (Fsp3) is 0.316. The van der Waals surface area contributed by atoms with Gasteiger partial charge in [0.05, 0.1) is 24.1 Å². The minimum Gasteiger partial charge on any atom is -0.493 e. The van der Waals surface area contributed by atoms with Gasteiger partial charge in [0.25, 0.3) is 5.91 Å². The highest BCUT2D eigenvalue weighted by Crippen LogP contribution is 2.18. The summed E-state index contributed by atoms with van der Waals surface area (Å²) < 4.78 is 5.49. The Kier molecular flexibility index (Phi) is 6.51. The second-order valence-electron chi connectivity index (χ2n) is 5.86. The first kappa shape index (κ1) is 18.4. The number of hydrogen-bond donors (Lipinski definition) is 2. The van der Waals surface area contributed by atoms with Gasteiger partial charge in [0.15, 0.2) is 0 Å². The Morgan fingerprint density at radius 1 is 1.16 bits per heavy atom. The lowest BCUT2D eigenvalue weighted by Gasteiger charge is -2.22. The van der Waals surface area contributed by atoms with E-state index in [1.807, 2.05) is 20.8 Å². The van der Waals surface area contributed by atoms with Crippen LogP contribution in [0.15, 0.2) is 48.8 Å². The van der Waals surface area contributed by atoms with Gasteiger partial charge in [0.1, 0.15) is 11.8 Å². The molecule has 1 aromatic carbocycles. The van der Waals surface area contributed by atoms with Crippen molar-refractivity contribution in [2.24, 2.45) is 5.92 Å². The highest BCUT2D eigenvalue weighted by Gasteiger charge is 2.26. The Morgan fingerprint density at radius 3 is 2.56 bits per heavy atom. The van der Waals surface area contributed by atoms with Crippen molar-refractivity contribution in [1.82, 2.24) is 10.3 Å². The van der Waals surface area contributed by atoms with E-state index in [9.17, 15) is 9.59 Å². The molecular formula is C19H23N3O3. The van der Waals surface area contributed by atoms with Crippen LogP contribution in [0.5, 0.6) is 5.75 Å². The molecule has 1 heterocycles. The van der Waals surface area contributed by atoms with Crippen LogP contribution >= 0.6 is 0 Å². The number of hydrogen-bond acceptors (Lipinski definition) is 4. The van der Waals surface area contributed by atoms with Crippen molar-refractivity contribution in [1.29, 1.82) is 0 Å². The summed E-state index contributed by atoms with van der Waals surface area (Å²) in [4.78, 5) is 29.1. The third-order valence-electron chi connectivity index (χ3n) is 3.60. The van der Waals surface area contributed by atoms with E-state index >= 15 is 0 Å². The Labute approximate surface area is 147 Å². The summed E-state index contributed by atoms with van der Waals surface area (Å²) in [6.07, 6.45) is 3.18. The zero-order chi connectivity index (χ0) is 18.2. The number of carbonyl (C=O) groups is 2. The number of ether oxygens (including phenoxy) is 1. The summed E-state index contributed by atoms with van der Waals surface area (Å²) in [6.45, 7) is 6.07. The third kappa shape index (κ3) is 5.04. The van der Waals surface area contributed by atoms with Crippen molar-refractivity contribution in [2.75, 3.05) is 11.9 Å². The molecule has 2 amide bonds. The maximum absolute atomic E-state index is 12.6. The van der Waals surface area contributed by atoms with Crippen molar-refractivity contribution in [3.05, 3.63) is 54.4 Å². The second kappa shape index (κ2) is 8.82. The molecule has 0 aliphatic rings. The quantitative estimate of drug-likeness (QED) is 0.811. The van der Waals surface area contributed by atoms with Crippen molar-refractivity contribution in [3.8, 4) is 5.75 Å². The lowest BCUT2D eigenvalue weighted by atomic mass is 10.0. The Bertz CT molecular complexity index is 717.